The molecule has 0 aliphatic heterocycles. The Hall–Kier alpha value is -1.08. The molecule has 1 atom stereocenters. The zero-order valence-electron chi connectivity index (χ0n) is 8.53. The van der Waals surface area contributed by atoms with Crippen LogP contribution in [-0.2, 0) is 0 Å². The van der Waals surface area contributed by atoms with Crippen LogP contribution in [0.4, 0.5) is 0 Å². The average molecular weight is 188 g/mol. The minimum atomic E-state index is -0.199. The Morgan fingerprint density at radius 1 is 1.29 bits per heavy atom. The summed E-state index contributed by atoms with van der Waals surface area (Å²) in [5.41, 5.74) is 3.73. The summed E-state index contributed by atoms with van der Waals surface area (Å²) in [5, 5.41) is 9.76. The summed E-state index contributed by atoms with van der Waals surface area (Å²) in [6.45, 7) is 2.11. The van der Waals surface area contributed by atoms with Gasteiger partial charge < -0.3 is 5.11 Å². The van der Waals surface area contributed by atoms with Crippen LogP contribution in [0.2, 0.25) is 0 Å². The van der Waals surface area contributed by atoms with Crippen LogP contribution in [0.25, 0.3) is 5.57 Å². The standard InChI is InChI=1S/C13H16O/c1-10(11-6-3-2-4-7-11)12-8-5-9-13(12)14/h2-4,6-7,13-14H,5,8-9H2,1H3/b12-10-. The van der Waals surface area contributed by atoms with E-state index in [0.29, 0.717) is 0 Å². The van der Waals surface area contributed by atoms with Gasteiger partial charge in [-0.25, -0.2) is 0 Å². The molecule has 0 amide bonds. The Bertz CT molecular complexity index is 338. The molecule has 1 fully saturated rings. The first kappa shape index (κ1) is 9.47. The van der Waals surface area contributed by atoms with Gasteiger partial charge >= 0.3 is 0 Å². The number of aliphatic hydroxyl groups is 1. The lowest BCUT2D eigenvalue weighted by molar-refractivity contribution is 0.218. The summed E-state index contributed by atoms with van der Waals surface area (Å²) < 4.78 is 0. The predicted octanol–water partition coefficient (Wildman–Crippen LogP) is 3.00. The second-order valence-electron chi connectivity index (χ2n) is 3.92. The van der Waals surface area contributed by atoms with Crippen LogP contribution in [0.15, 0.2) is 35.9 Å². The van der Waals surface area contributed by atoms with Crippen LogP contribution in [0.5, 0.6) is 0 Å². The summed E-state index contributed by atoms with van der Waals surface area (Å²) >= 11 is 0. The molecule has 0 radical (unpaired) electrons. The molecule has 1 aromatic rings. The van der Waals surface area contributed by atoms with Gasteiger partial charge in [-0.3, -0.25) is 0 Å². The molecule has 1 unspecified atom stereocenters. The van der Waals surface area contributed by atoms with Crippen molar-refractivity contribution in [3.05, 3.63) is 41.5 Å². The van der Waals surface area contributed by atoms with Crippen LogP contribution < -0.4 is 0 Å². The fraction of sp³-hybridized carbons (Fsp3) is 0.385. The molecule has 2 rings (SSSR count). The highest BCUT2D eigenvalue weighted by Crippen LogP contribution is 2.31. The van der Waals surface area contributed by atoms with Crippen molar-refractivity contribution in [1.29, 1.82) is 0 Å². The first-order valence-corrected chi connectivity index (χ1v) is 5.22. The molecule has 1 aliphatic carbocycles. The van der Waals surface area contributed by atoms with E-state index in [0.717, 1.165) is 19.3 Å². The van der Waals surface area contributed by atoms with Crippen molar-refractivity contribution in [2.24, 2.45) is 0 Å². The first-order chi connectivity index (χ1) is 6.79. The monoisotopic (exact) mass is 188 g/mol. The Labute approximate surface area is 85.1 Å². The van der Waals surface area contributed by atoms with Crippen LogP contribution in [-0.4, -0.2) is 11.2 Å². The molecule has 0 heterocycles. The Balaban J connectivity index is 2.35. The molecule has 1 nitrogen and oxygen atoms in total. The Kier molecular flexibility index (Phi) is 2.69. The number of hydrogen-bond donors (Lipinski definition) is 1. The van der Waals surface area contributed by atoms with E-state index >= 15 is 0 Å². The van der Waals surface area contributed by atoms with Gasteiger partial charge in [-0.2, -0.15) is 0 Å². The molecule has 1 saturated carbocycles. The van der Waals surface area contributed by atoms with Crippen molar-refractivity contribution < 1.29 is 5.11 Å². The SMILES string of the molecule is C/C(=C1\CCCC1O)c1ccccc1. The van der Waals surface area contributed by atoms with E-state index in [4.69, 9.17) is 0 Å². The number of aliphatic hydroxyl groups excluding tert-OH is 1. The molecular formula is C13H16O. The normalized spacial score (nSPS) is 25.1. The largest absolute Gasteiger partial charge is 0.389 e. The lowest BCUT2D eigenvalue weighted by atomic mass is 9.99. The fourth-order valence-electron chi connectivity index (χ4n) is 2.14. The minimum absolute atomic E-state index is 0.199. The second kappa shape index (κ2) is 3.97. The number of hydrogen-bond acceptors (Lipinski definition) is 1. The molecule has 0 bridgehead atoms. The summed E-state index contributed by atoms with van der Waals surface area (Å²) in [6, 6.07) is 10.3. The van der Waals surface area contributed by atoms with Gasteiger partial charge in [0.15, 0.2) is 0 Å². The van der Waals surface area contributed by atoms with E-state index in [1.165, 1.54) is 16.7 Å². The van der Waals surface area contributed by atoms with Gasteiger partial charge in [0, 0.05) is 0 Å². The molecule has 0 aromatic heterocycles. The third kappa shape index (κ3) is 1.73. The van der Waals surface area contributed by atoms with E-state index in [9.17, 15) is 5.11 Å². The molecular weight excluding hydrogens is 172 g/mol. The van der Waals surface area contributed by atoms with Crippen LogP contribution >= 0.6 is 0 Å². The zero-order chi connectivity index (χ0) is 9.97. The fourth-order valence-corrected chi connectivity index (χ4v) is 2.14. The van der Waals surface area contributed by atoms with E-state index < -0.39 is 0 Å². The topological polar surface area (TPSA) is 20.2 Å². The maximum absolute atomic E-state index is 9.76. The summed E-state index contributed by atoms with van der Waals surface area (Å²) in [4.78, 5) is 0. The van der Waals surface area contributed by atoms with Gasteiger partial charge in [-0.05, 0) is 42.9 Å². The summed E-state index contributed by atoms with van der Waals surface area (Å²) in [5.74, 6) is 0. The van der Waals surface area contributed by atoms with Gasteiger partial charge in [0.2, 0.25) is 0 Å². The highest BCUT2D eigenvalue weighted by Gasteiger charge is 2.20. The minimum Gasteiger partial charge on any atom is -0.389 e. The third-order valence-electron chi connectivity index (χ3n) is 3.01. The Morgan fingerprint density at radius 2 is 2.00 bits per heavy atom. The van der Waals surface area contributed by atoms with Crippen LogP contribution in [0, 0.1) is 0 Å². The van der Waals surface area contributed by atoms with Crippen LogP contribution in [0.3, 0.4) is 0 Å². The lowest BCUT2D eigenvalue weighted by Crippen LogP contribution is -2.03. The number of rotatable bonds is 1. The Morgan fingerprint density at radius 3 is 2.57 bits per heavy atom. The third-order valence-corrected chi connectivity index (χ3v) is 3.01. The molecule has 14 heavy (non-hydrogen) atoms. The number of benzene rings is 1. The molecule has 1 N–H and O–H groups in total. The van der Waals surface area contributed by atoms with Crippen molar-refractivity contribution in [2.75, 3.05) is 0 Å². The first-order valence-electron chi connectivity index (χ1n) is 5.22. The highest BCUT2D eigenvalue weighted by molar-refractivity contribution is 5.68. The van der Waals surface area contributed by atoms with Gasteiger partial charge in [-0.1, -0.05) is 30.3 Å². The summed E-state index contributed by atoms with van der Waals surface area (Å²) in [6.07, 6.45) is 2.91. The van der Waals surface area contributed by atoms with E-state index in [-0.39, 0.29) is 6.10 Å². The quantitative estimate of drug-likeness (QED) is 0.718. The van der Waals surface area contributed by atoms with E-state index in [2.05, 4.69) is 19.1 Å². The molecule has 1 aromatic carbocycles. The molecule has 1 heteroatoms. The predicted molar refractivity (Wildman–Crippen MR) is 58.9 cm³/mol. The van der Waals surface area contributed by atoms with Crippen molar-refractivity contribution in [2.45, 2.75) is 32.3 Å². The van der Waals surface area contributed by atoms with Crippen molar-refractivity contribution in [3.8, 4) is 0 Å². The van der Waals surface area contributed by atoms with Gasteiger partial charge in [0.05, 0.1) is 6.10 Å². The maximum Gasteiger partial charge on any atom is 0.0756 e. The van der Waals surface area contributed by atoms with Gasteiger partial charge in [0.25, 0.3) is 0 Å². The number of allylic oxidation sites excluding steroid dienone is 1. The average Bonchev–Trinajstić information content (AvgIpc) is 2.65. The molecule has 1 aliphatic rings. The van der Waals surface area contributed by atoms with E-state index in [1.54, 1.807) is 0 Å². The van der Waals surface area contributed by atoms with Gasteiger partial charge in [0.1, 0.15) is 0 Å². The zero-order valence-corrected chi connectivity index (χ0v) is 8.53. The molecule has 0 saturated heterocycles. The lowest BCUT2D eigenvalue weighted by Gasteiger charge is -2.10. The molecule has 0 spiro atoms. The smallest absolute Gasteiger partial charge is 0.0756 e. The second-order valence-corrected chi connectivity index (χ2v) is 3.92. The summed E-state index contributed by atoms with van der Waals surface area (Å²) in [7, 11) is 0. The van der Waals surface area contributed by atoms with Crippen LogP contribution in [0.1, 0.15) is 31.7 Å². The van der Waals surface area contributed by atoms with Crippen molar-refractivity contribution >= 4 is 5.57 Å². The van der Waals surface area contributed by atoms with E-state index in [1.807, 2.05) is 18.2 Å². The van der Waals surface area contributed by atoms with Crippen molar-refractivity contribution in [1.82, 2.24) is 0 Å². The highest BCUT2D eigenvalue weighted by atomic mass is 16.3. The maximum atomic E-state index is 9.76. The van der Waals surface area contributed by atoms with Crippen molar-refractivity contribution in [3.63, 3.8) is 0 Å². The molecule has 74 valence electrons. The van der Waals surface area contributed by atoms with Gasteiger partial charge in [-0.15, -0.1) is 0 Å².